The number of benzene rings is 1. The summed E-state index contributed by atoms with van der Waals surface area (Å²) in [5.74, 6) is 1.07. The van der Waals surface area contributed by atoms with Gasteiger partial charge in [-0.3, -0.25) is 19.1 Å². The van der Waals surface area contributed by atoms with Crippen LogP contribution < -0.4 is 5.32 Å². The number of aromatic nitrogens is 5. The van der Waals surface area contributed by atoms with Crippen LogP contribution in [0.4, 0.5) is 5.82 Å². The standard InChI is InChI=1S/C33H36BrN7O3/c1-18(2)6-7-21-10-28(34)37-29(11-21)38-32(44)26-13-33(5)14-27(33)41(26)30(43)17-40-25-9-8-22(23-15-35-20(4)36-16-23)12-24(25)31(39-40)19(3)42/h8-12,15-16,18,26-27H,6-7,13-14,17H2,1-5H3,(H,37,38,44)/t26-,27?,33-/m0/s1. The molecule has 10 nitrogen and oxygen atoms in total. The van der Waals surface area contributed by atoms with Gasteiger partial charge in [0.15, 0.2) is 5.78 Å². The number of halogens is 1. The van der Waals surface area contributed by atoms with Gasteiger partial charge in [0.25, 0.3) is 0 Å². The van der Waals surface area contributed by atoms with Crippen LogP contribution in [0.3, 0.4) is 0 Å². The first-order valence-electron chi connectivity index (χ1n) is 15.0. The predicted octanol–water partition coefficient (Wildman–Crippen LogP) is 5.77. The zero-order valence-electron chi connectivity index (χ0n) is 25.6. The van der Waals surface area contributed by atoms with E-state index in [1.165, 1.54) is 6.92 Å². The number of ketones is 1. The van der Waals surface area contributed by atoms with E-state index in [9.17, 15) is 14.4 Å². The number of carbonyl (C=O) groups is 3. The lowest BCUT2D eigenvalue weighted by molar-refractivity contribution is -0.138. The summed E-state index contributed by atoms with van der Waals surface area (Å²) in [7, 11) is 0. The van der Waals surface area contributed by atoms with E-state index in [4.69, 9.17) is 0 Å². The lowest BCUT2D eigenvalue weighted by Crippen LogP contribution is -2.46. The van der Waals surface area contributed by atoms with Crippen molar-refractivity contribution >= 4 is 50.2 Å². The largest absolute Gasteiger partial charge is 0.325 e. The number of nitrogens with one attached hydrogen (secondary N) is 1. The number of Topliss-reactive ketones (excluding diaryl/α,β-unsaturated/α-hetero) is 1. The van der Waals surface area contributed by atoms with Gasteiger partial charge in [0, 0.05) is 36.3 Å². The molecular weight excluding hydrogens is 622 g/mol. The van der Waals surface area contributed by atoms with Crippen molar-refractivity contribution in [2.45, 2.75) is 78.9 Å². The van der Waals surface area contributed by atoms with Crippen LogP contribution in [0.2, 0.25) is 0 Å². The first kappa shape index (κ1) is 30.1. The molecule has 6 rings (SSSR count). The Kier molecular flexibility index (Phi) is 7.85. The van der Waals surface area contributed by atoms with E-state index in [0.717, 1.165) is 36.0 Å². The number of amides is 2. The van der Waals surface area contributed by atoms with E-state index in [1.807, 2.05) is 37.3 Å². The number of piperidine rings is 1. The third-order valence-electron chi connectivity index (χ3n) is 8.82. The van der Waals surface area contributed by atoms with Gasteiger partial charge in [-0.05, 0) is 95.3 Å². The number of fused-ring (bicyclic) bond motifs is 2. The molecule has 3 atom stereocenters. The van der Waals surface area contributed by atoms with Gasteiger partial charge in [-0.15, -0.1) is 0 Å². The minimum absolute atomic E-state index is 0.00920. The van der Waals surface area contributed by atoms with Crippen LogP contribution in [0.25, 0.3) is 22.0 Å². The number of hydrogen-bond donors (Lipinski definition) is 1. The summed E-state index contributed by atoms with van der Waals surface area (Å²) in [6.07, 6.45) is 6.85. The molecule has 1 unspecified atom stereocenters. The fourth-order valence-electron chi connectivity index (χ4n) is 6.27. The molecule has 2 fully saturated rings. The average Bonchev–Trinajstić information content (AvgIpc) is 3.33. The van der Waals surface area contributed by atoms with Gasteiger partial charge in [-0.2, -0.15) is 5.10 Å². The zero-order chi connectivity index (χ0) is 31.3. The molecule has 44 heavy (non-hydrogen) atoms. The number of rotatable bonds is 9. The molecule has 228 valence electrons. The molecule has 11 heteroatoms. The first-order valence-corrected chi connectivity index (χ1v) is 15.8. The van der Waals surface area contributed by atoms with Crippen LogP contribution >= 0.6 is 15.9 Å². The molecule has 1 aromatic carbocycles. The normalized spacial score (nSPS) is 20.7. The van der Waals surface area contributed by atoms with Gasteiger partial charge in [0.05, 0.1) is 5.52 Å². The molecule has 4 heterocycles. The minimum Gasteiger partial charge on any atom is -0.325 e. The molecule has 2 amide bonds. The summed E-state index contributed by atoms with van der Waals surface area (Å²) in [5, 5.41) is 8.20. The summed E-state index contributed by atoms with van der Waals surface area (Å²) in [4.78, 5) is 54.9. The topological polar surface area (TPSA) is 123 Å². The number of hydrogen-bond acceptors (Lipinski definition) is 7. The molecule has 4 aromatic rings. The van der Waals surface area contributed by atoms with Crippen molar-refractivity contribution in [3.05, 3.63) is 64.4 Å². The second-order valence-electron chi connectivity index (χ2n) is 12.8. The maximum atomic E-state index is 13.9. The smallest absolute Gasteiger partial charge is 0.248 e. The quantitative estimate of drug-likeness (QED) is 0.179. The fraction of sp³-hybridized carbons (Fsp3) is 0.424. The highest BCUT2D eigenvalue weighted by Gasteiger charge is 2.64. The molecule has 0 bridgehead atoms. The van der Waals surface area contributed by atoms with E-state index in [0.29, 0.717) is 45.2 Å². The van der Waals surface area contributed by atoms with Crippen molar-refractivity contribution in [1.29, 1.82) is 0 Å². The van der Waals surface area contributed by atoms with Crippen LogP contribution in [0.15, 0.2) is 47.3 Å². The lowest BCUT2D eigenvalue weighted by atomic mass is 10.0. The third kappa shape index (κ3) is 5.89. The van der Waals surface area contributed by atoms with Crippen LogP contribution in [-0.2, 0) is 22.6 Å². The summed E-state index contributed by atoms with van der Waals surface area (Å²) in [6.45, 7) is 9.70. The molecule has 1 aliphatic heterocycles. The van der Waals surface area contributed by atoms with Crippen molar-refractivity contribution in [3.8, 4) is 11.1 Å². The monoisotopic (exact) mass is 657 g/mol. The Balaban J connectivity index is 1.24. The van der Waals surface area contributed by atoms with Crippen LogP contribution in [0.5, 0.6) is 0 Å². The van der Waals surface area contributed by atoms with Gasteiger partial charge >= 0.3 is 0 Å². The highest BCUT2D eigenvalue weighted by atomic mass is 79.9. The molecule has 1 saturated carbocycles. The number of nitrogens with zero attached hydrogens (tertiary/aromatic N) is 6. The maximum Gasteiger partial charge on any atom is 0.248 e. The second kappa shape index (κ2) is 11.5. The molecular formula is C33H36BrN7O3. The Labute approximate surface area is 264 Å². The fourth-order valence-corrected chi connectivity index (χ4v) is 6.76. The summed E-state index contributed by atoms with van der Waals surface area (Å²) in [6, 6.07) is 8.92. The average molecular weight is 659 g/mol. The first-order chi connectivity index (χ1) is 20.9. The Morgan fingerprint density at radius 2 is 1.84 bits per heavy atom. The minimum atomic E-state index is -0.617. The summed E-state index contributed by atoms with van der Waals surface area (Å²) in [5.41, 5.74) is 3.64. The van der Waals surface area contributed by atoms with E-state index >= 15 is 0 Å². The number of likely N-dealkylation sites (tertiary alicyclic amines) is 1. The SMILES string of the molecule is CC(=O)c1nn(CC(=O)N2C3C[C@]3(C)C[C@H]2C(=O)Nc2cc(CCC(C)C)cc(Br)n2)c2ccc(-c3cnc(C)nc3)cc12. The highest BCUT2D eigenvalue weighted by Crippen LogP contribution is 2.59. The Bertz CT molecular complexity index is 1780. The molecule has 1 aliphatic carbocycles. The molecule has 2 aliphatic rings. The van der Waals surface area contributed by atoms with E-state index < -0.39 is 6.04 Å². The van der Waals surface area contributed by atoms with Gasteiger partial charge in [0.2, 0.25) is 11.8 Å². The van der Waals surface area contributed by atoms with Crippen molar-refractivity contribution in [1.82, 2.24) is 29.6 Å². The van der Waals surface area contributed by atoms with E-state index in [-0.39, 0.29) is 35.6 Å². The summed E-state index contributed by atoms with van der Waals surface area (Å²) < 4.78 is 2.24. The Morgan fingerprint density at radius 3 is 2.55 bits per heavy atom. The van der Waals surface area contributed by atoms with Gasteiger partial charge < -0.3 is 10.2 Å². The van der Waals surface area contributed by atoms with E-state index in [1.54, 1.807) is 22.0 Å². The molecule has 0 radical (unpaired) electrons. The van der Waals surface area contributed by atoms with Crippen molar-refractivity contribution < 1.29 is 14.4 Å². The Hall–Kier alpha value is -3.99. The van der Waals surface area contributed by atoms with Crippen LogP contribution in [-0.4, -0.2) is 59.3 Å². The van der Waals surface area contributed by atoms with Crippen molar-refractivity contribution in [3.63, 3.8) is 0 Å². The highest BCUT2D eigenvalue weighted by molar-refractivity contribution is 9.10. The van der Waals surface area contributed by atoms with Crippen LogP contribution in [0.1, 0.15) is 68.8 Å². The number of pyridine rings is 1. The maximum absolute atomic E-state index is 13.9. The van der Waals surface area contributed by atoms with Gasteiger partial charge in [-0.1, -0.05) is 26.8 Å². The predicted molar refractivity (Wildman–Crippen MR) is 171 cm³/mol. The van der Waals surface area contributed by atoms with Gasteiger partial charge in [-0.25, -0.2) is 15.0 Å². The number of aryl methyl sites for hydroxylation is 2. The molecule has 3 aromatic heterocycles. The molecule has 0 spiro atoms. The number of carbonyl (C=O) groups excluding carboxylic acids is 3. The third-order valence-corrected chi connectivity index (χ3v) is 9.23. The Morgan fingerprint density at radius 1 is 1.09 bits per heavy atom. The summed E-state index contributed by atoms with van der Waals surface area (Å²) >= 11 is 3.48. The second-order valence-corrected chi connectivity index (χ2v) is 13.6. The van der Waals surface area contributed by atoms with E-state index in [2.05, 4.69) is 62.1 Å². The van der Waals surface area contributed by atoms with Crippen LogP contribution in [0, 0.1) is 18.3 Å². The number of anilines is 1. The zero-order valence-corrected chi connectivity index (χ0v) is 27.2. The van der Waals surface area contributed by atoms with Gasteiger partial charge in [0.1, 0.15) is 34.5 Å². The molecule has 1 saturated heterocycles. The lowest BCUT2D eigenvalue weighted by Gasteiger charge is -2.27. The van der Waals surface area contributed by atoms with Crippen molar-refractivity contribution in [2.75, 3.05) is 5.32 Å². The van der Waals surface area contributed by atoms with Crippen molar-refractivity contribution in [2.24, 2.45) is 11.3 Å². The molecule has 1 N–H and O–H groups in total.